The summed E-state index contributed by atoms with van der Waals surface area (Å²) < 4.78 is 10.6. The lowest BCUT2D eigenvalue weighted by atomic mass is 10.2. The Morgan fingerprint density at radius 1 is 1.04 bits per heavy atom. The first-order valence-corrected chi connectivity index (χ1v) is 8.74. The second-order valence-corrected chi connectivity index (χ2v) is 6.15. The van der Waals surface area contributed by atoms with Gasteiger partial charge in [0.25, 0.3) is 5.89 Å². The number of aromatic nitrogens is 3. The average Bonchev–Trinajstić information content (AvgIpc) is 3.04. The van der Waals surface area contributed by atoms with Crippen molar-refractivity contribution in [3.8, 4) is 28.6 Å². The Balaban J connectivity index is 1.51. The average molecular weight is 351 g/mol. The molecule has 0 amide bonds. The van der Waals surface area contributed by atoms with Crippen LogP contribution in [0.2, 0.25) is 0 Å². The van der Waals surface area contributed by atoms with Crippen LogP contribution in [0.5, 0.6) is 5.75 Å². The van der Waals surface area contributed by atoms with Crippen molar-refractivity contribution >= 4 is 5.82 Å². The fraction of sp³-hybridized carbons (Fsp3) is 0.316. The van der Waals surface area contributed by atoms with Gasteiger partial charge in [-0.1, -0.05) is 5.16 Å². The smallest absolute Gasteiger partial charge is 0.259 e. The van der Waals surface area contributed by atoms with Crippen LogP contribution in [0.4, 0.5) is 5.82 Å². The molecule has 1 aliphatic heterocycles. The largest absolute Gasteiger partial charge is 0.497 e. The fourth-order valence-electron chi connectivity index (χ4n) is 2.97. The standard InChI is InChI=1S/C19H21N5O2/c1-25-16-6-3-14(4-7-16)18-22-19(26-23-18)15-5-8-17(21-13-15)24-11-2-9-20-10-12-24/h3-8,13,20H,2,9-12H2,1H3. The maximum Gasteiger partial charge on any atom is 0.259 e. The van der Waals surface area contributed by atoms with Crippen molar-refractivity contribution in [3.63, 3.8) is 0 Å². The molecule has 7 heteroatoms. The van der Waals surface area contributed by atoms with Gasteiger partial charge in [0.2, 0.25) is 5.82 Å². The first-order valence-electron chi connectivity index (χ1n) is 8.74. The molecule has 0 radical (unpaired) electrons. The lowest BCUT2D eigenvalue weighted by Gasteiger charge is -2.20. The number of nitrogens with zero attached hydrogens (tertiary/aromatic N) is 4. The highest BCUT2D eigenvalue weighted by molar-refractivity contribution is 5.60. The molecule has 1 N–H and O–H groups in total. The normalized spacial score (nSPS) is 14.9. The molecule has 7 nitrogen and oxygen atoms in total. The van der Waals surface area contributed by atoms with Crippen molar-refractivity contribution in [2.24, 2.45) is 0 Å². The number of pyridine rings is 1. The van der Waals surface area contributed by atoms with Crippen molar-refractivity contribution in [1.82, 2.24) is 20.4 Å². The minimum atomic E-state index is 0.465. The van der Waals surface area contributed by atoms with Gasteiger partial charge in [-0.2, -0.15) is 4.98 Å². The van der Waals surface area contributed by atoms with Crippen LogP contribution < -0.4 is 15.0 Å². The van der Waals surface area contributed by atoms with Crippen LogP contribution in [0.3, 0.4) is 0 Å². The van der Waals surface area contributed by atoms with Crippen molar-refractivity contribution in [3.05, 3.63) is 42.6 Å². The number of hydrogen-bond donors (Lipinski definition) is 1. The third-order valence-electron chi connectivity index (χ3n) is 4.43. The highest BCUT2D eigenvalue weighted by atomic mass is 16.5. The van der Waals surface area contributed by atoms with Gasteiger partial charge < -0.3 is 19.5 Å². The monoisotopic (exact) mass is 351 g/mol. The number of anilines is 1. The van der Waals surface area contributed by atoms with Crippen molar-refractivity contribution in [2.45, 2.75) is 6.42 Å². The van der Waals surface area contributed by atoms with Crippen LogP contribution in [0.15, 0.2) is 47.1 Å². The van der Waals surface area contributed by atoms with Gasteiger partial charge in [0, 0.05) is 31.4 Å². The second-order valence-electron chi connectivity index (χ2n) is 6.15. The van der Waals surface area contributed by atoms with Crippen LogP contribution in [-0.4, -0.2) is 48.4 Å². The van der Waals surface area contributed by atoms with E-state index in [0.717, 1.165) is 55.3 Å². The van der Waals surface area contributed by atoms with Gasteiger partial charge in [0.15, 0.2) is 0 Å². The first kappa shape index (κ1) is 16.5. The molecule has 0 aliphatic carbocycles. The number of benzene rings is 1. The molecular weight excluding hydrogens is 330 g/mol. The van der Waals surface area contributed by atoms with E-state index in [0.29, 0.717) is 11.7 Å². The molecule has 0 saturated carbocycles. The van der Waals surface area contributed by atoms with E-state index in [1.165, 1.54) is 0 Å². The molecular formula is C19H21N5O2. The van der Waals surface area contributed by atoms with E-state index in [9.17, 15) is 0 Å². The third-order valence-corrected chi connectivity index (χ3v) is 4.43. The Hall–Kier alpha value is -2.93. The fourth-order valence-corrected chi connectivity index (χ4v) is 2.97. The predicted octanol–water partition coefficient (Wildman–Crippen LogP) is 2.61. The van der Waals surface area contributed by atoms with Gasteiger partial charge in [0.05, 0.1) is 12.7 Å². The summed E-state index contributed by atoms with van der Waals surface area (Å²) in [6.07, 6.45) is 2.91. The predicted molar refractivity (Wildman–Crippen MR) is 99.2 cm³/mol. The topological polar surface area (TPSA) is 76.3 Å². The van der Waals surface area contributed by atoms with Crippen molar-refractivity contribution in [2.75, 3.05) is 38.2 Å². The number of nitrogens with one attached hydrogen (secondary N) is 1. The zero-order valence-electron chi connectivity index (χ0n) is 14.7. The number of ether oxygens (including phenoxy) is 1. The van der Waals surface area contributed by atoms with E-state index in [-0.39, 0.29) is 0 Å². The SMILES string of the molecule is COc1ccc(-c2noc(-c3ccc(N4CCCNCC4)nc3)n2)cc1. The Morgan fingerprint density at radius 3 is 2.65 bits per heavy atom. The summed E-state index contributed by atoms with van der Waals surface area (Å²) in [4.78, 5) is 11.4. The van der Waals surface area contributed by atoms with Crippen LogP contribution in [0, 0.1) is 0 Å². The van der Waals surface area contributed by atoms with Gasteiger partial charge in [-0.25, -0.2) is 4.98 Å². The summed E-state index contributed by atoms with van der Waals surface area (Å²) in [6, 6.07) is 11.5. The van der Waals surface area contributed by atoms with Gasteiger partial charge >= 0.3 is 0 Å². The molecule has 3 heterocycles. The minimum Gasteiger partial charge on any atom is -0.497 e. The van der Waals surface area contributed by atoms with Gasteiger partial charge in [-0.15, -0.1) is 0 Å². The molecule has 134 valence electrons. The Labute approximate surface area is 152 Å². The summed E-state index contributed by atoms with van der Waals surface area (Å²) >= 11 is 0. The second kappa shape index (κ2) is 7.53. The summed E-state index contributed by atoms with van der Waals surface area (Å²) in [5, 5.41) is 7.47. The Kier molecular flexibility index (Phi) is 4.79. The molecule has 0 spiro atoms. The van der Waals surface area contributed by atoms with E-state index in [1.54, 1.807) is 13.3 Å². The number of hydrogen-bond acceptors (Lipinski definition) is 7. The minimum absolute atomic E-state index is 0.465. The van der Waals surface area contributed by atoms with Crippen molar-refractivity contribution < 1.29 is 9.26 Å². The summed E-state index contributed by atoms with van der Waals surface area (Å²) in [5.41, 5.74) is 1.69. The van der Waals surface area contributed by atoms with Crippen LogP contribution in [0.25, 0.3) is 22.8 Å². The van der Waals surface area contributed by atoms with Gasteiger partial charge in [-0.3, -0.25) is 0 Å². The molecule has 26 heavy (non-hydrogen) atoms. The molecule has 0 atom stereocenters. The zero-order valence-corrected chi connectivity index (χ0v) is 14.7. The summed E-state index contributed by atoms with van der Waals surface area (Å²) in [6.45, 7) is 4.03. The van der Waals surface area contributed by atoms with Crippen LogP contribution >= 0.6 is 0 Å². The van der Waals surface area contributed by atoms with Crippen molar-refractivity contribution in [1.29, 1.82) is 0 Å². The number of methoxy groups -OCH3 is 1. The van der Waals surface area contributed by atoms with E-state index in [2.05, 4.69) is 25.3 Å². The molecule has 3 aromatic rings. The first-order chi connectivity index (χ1) is 12.8. The maximum absolute atomic E-state index is 5.41. The van der Waals surface area contributed by atoms with Crippen LogP contribution in [-0.2, 0) is 0 Å². The quantitative estimate of drug-likeness (QED) is 0.774. The van der Waals surface area contributed by atoms with Gasteiger partial charge in [0.1, 0.15) is 11.6 Å². The number of rotatable bonds is 4. The lowest BCUT2D eigenvalue weighted by molar-refractivity contribution is 0.415. The Morgan fingerprint density at radius 2 is 1.88 bits per heavy atom. The summed E-state index contributed by atoms with van der Waals surface area (Å²) in [5.74, 6) is 2.78. The molecule has 0 bridgehead atoms. The molecule has 1 aromatic carbocycles. The van der Waals surface area contributed by atoms with Crippen LogP contribution in [0.1, 0.15) is 6.42 Å². The Bertz CT molecular complexity index is 837. The van der Waals surface area contributed by atoms with E-state index >= 15 is 0 Å². The highest BCUT2D eigenvalue weighted by Gasteiger charge is 2.14. The van der Waals surface area contributed by atoms with E-state index in [1.807, 2.05) is 36.4 Å². The zero-order chi connectivity index (χ0) is 17.8. The van der Waals surface area contributed by atoms with Gasteiger partial charge in [-0.05, 0) is 49.4 Å². The maximum atomic E-state index is 5.41. The lowest BCUT2D eigenvalue weighted by Crippen LogP contribution is -2.28. The van der Waals surface area contributed by atoms with E-state index < -0.39 is 0 Å². The molecule has 4 rings (SSSR count). The third kappa shape index (κ3) is 3.52. The molecule has 2 aromatic heterocycles. The highest BCUT2D eigenvalue weighted by Crippen LogP contribution is 2.24. The molecule has 1 saturated heterocycles. The summed E-state index contributed by atoms with van der Waals surface area (Å²) in [7, 11) is 1.64. The molecule has 1 aliphatic rings. The molecule has 0 unspecified atom stereocenters. The van der Waals surface area contributed by atoms with E-state index in [4.69, 9.17) is 9.26 Å². The molecule has 1 fully saturated rings.